The van der Waals surface area contributed by atoms with Crippen LogP contribution in [-0.2, 0) is 11.8 Å². The molecule has 0 aliphatic carbocycles. The Labute approximate surface area is 305 Å². The van der Waals surface area contributed by atoms with Gasteiger partial charge >= 0.3 is 0 Å². The summed E-state index contributed by atoms with van der Waals surface area (Å²) in [7, 11) is 0. The van der Waals surface area contributed by atoms with Crippen LogP contribution in [0.1, 0.15) is 67.2 Å². The highest BCUT2D eigenvalue weighted by atomic mass is 14.4. The second kappa shape index (κ2) is 17.0. The van der Waals surface area contributed by atoms with Crippen LogP contribution in [0.5, 0.6) is 0 Å². The summed E-state index contributed by atoms with van der Waals surface area (Å²) in [5.41, 5.74) is 12.7. The van der Waals surface area contributed by atoms with Gasteiger partial charge in [-0.3, -0.25) is 0 Å². The smallest absolute Gasteiger partial charge is 0.0451 e. The summed E-state index contributed by atoms with van der Waals surface area (Å²) in [5.74, 6) is 0. The molecule has 0 saturated carbocycles. The maximum Gasteiger partial charge on any atom is 0.0451 e. The molecule has 0 amide bonds. The normalized spacial score (nSPS) is 11.4. The predicted octanol–water partition coefficient (Wildman–Crippen LogP) is 14.0. The Morgan fingerprint density at radius 2 is 0.549 bits per heavy atom. The van der Waals surface area contributed by atoms with Crippen molar-refractivity contribution >= 4 is 0 Å². The second-order valence-electron chi connectivity index (χ2n) is 13.8. The van der Waals surface area contributed by atoms with E-state index in [0.717, 1.165) is 6.42 Å². The van der Waals surface area contributed by atoms with Gasteiger partial charge in [-0.25, -0.2) is 0 Å². The van der Waals surface area contributed by atoms with Crippen LogP contribution in [0.2, 0.25) is 0 Å². The average Bonchev–Trinajstić information content (AvgIpc) is 3.22. The molecule has 0 nitrogen and oxygen atoms in total. The van der Waals surface area contributed by atoms with E-state index in [4.69, 9.17) is 0 Å². The summed E-state index contributed by atoms with van der Waals surface area (Å²) in [6.45, 7) is 0. The van der Waals surface area contributed by atoms with Gasteiger partial charge in [0.15, 0.2) is 0 Å². The van der Waals surface area contributed by atoms with E-state index in [-0.39, 0.29) is 5.41 Å². The number of aryl methyl sites for hydroxylation is 1. The third kappa shape index (κ3) is 8.30. The van der Waals surface area contributed by atoms with Gasteiger partial charge in [0.2, 0.25) is 0 Å². The van der Waals surface area contributed by atoms with Crippen molar-refractivity contribution in [3.8, 4) is 33.4 Å². The monoisotopic (exact) mass is 660 g/mol. The van der Waals surface area contributed by atoms with Gasteiger partial charge in [0.25, 0.3) is 0 Å². The molecular weight excluding hydrogens is 613 g/mol. The summed E-state index contributed by atoms with van der Waals surface area (Å²) >= 11 is 0. The highest BCUT2D eigenvalue weighted by molar-refractivity contribution is 5.68. The molecule has 0 radical (unpaired) electrons. The SMILES string of the molecule is c1ccc(CCCCCCCCC(c2ccc(-c3ccccc3)cc2)(c2ccc(-c3ccccc3)cc2)c2ccc(-c3ccccc3)cc2)cc1. The van der Waals surface area contributed by atoms with Crippen molar-refractivity contribution in [1.29, 1.82) is 0 Å². The molecule has 7 rings (SSSR count). The van der Waals surface area contributed by atoms with Gasteiger partial charge in [-0.05, 0) is 74.9 Å². The van der Waals surface area contributed by atoms with E-state index in [0.29, 0.717) is 0 Å². The lowest BCUT2D eigenvalue weighted by Gasteiger charge is -2.37. The molecule has 0 N–H and O–H groups in total. The summed E-state index contributed by atoms with van der Waals surface area (Å²) in [5, 5.41) is 0. The molecule has 0 aromatic heterocycles. The average molecular weight is 661 g/mol. The Bertz CT molecular complexity index is 1830. The third-order valence-corrected chi connectivity index (χ3v) is 10.6. The zero-order chi connectivity index (χ0) is 34.6. The molecule has 0 aliphatic rings. The van der Waals surface area contributed by atoms with Gasteiger partial charge in [0.1, 0.15) is 0 Å². The molecular formula is C51H48. The molecule has 0 bridgehead atoms. The van der Waals surface area contributed by atoms with Crippen LogP contribution in [0, 0.1) is 0 Å². The number of rotatable bonds is 15. The molecule has 0 saturated heterocycles. The van der Waals surface area contributed by atoms with Crippen LogP contribution in [-0.4, -0.2) is 0 Å². The second-order valence-corrected chi connectivity index (χ2v) is 13.8. The zero-order valence-electron chi connectivity index (χ0n) is 29.6. The topological polar surface area (TPSA) is 0 Å². The fourth-order valence-corrected chi connectivity index (χ4v) is 7.74. The molecule has 0 unspecified atom stereocenters. The van der Waals surface area contributed by atoms with Crippen molar-refractivity contribution < 1.29 is 0 Å². The molecule has 51 heavy (non-hydrogen) atoms. The van der Waals surface area contributed by atoms with Crippen LogP contribution >= 0.6 is 0 Å². The third-order valence-electron chi connectivity index (χ3n) is 10.6. The van der Waals surface area contributed by atoms with E-state index in [1.807, 2.05) is 0 Å². The van der Waals surface area contributed by atoms with E-state index in [2.05, 4.69) is 194 Å². The summed E-state index contributed by atoms with van der Waals surface area (Å²) in [6.07, 6.45) is 9.77. The molecule has 7 aromatic rings. The van der Waals surface area contributed by atoms with Gasteiger partial charge in [0, 0.05) is 5.41 Å². The van der Waals surface area contributed by atoms with E-state index in [9.17, 15) is 0 Å². The van der Waals surface area contributed by atoms with Crippen LogP contribution in [0.25, 0.3) is 33.4 Å². The standard InChI is InChI=1S/C51H48/c1(3-9-19-41-20-10-5-11-21-41)2-4-18-40-51(48-34-28-45(29-35-48)42-22-12-6-13-23-42,49-36-30-46(31-37-49)43-24-14-7-15-25-43)50-38-32-47(33-39-50)44-26-16-8-17-27-44/h5-8,10-17,20-39H,1-4,9,18-19,40H2. The first-order chi connectivity index (χ1) is 25.3. The molecule has 0 heterocycles. The fourth-order valence-electron chi connectivity index (χ4n) is 7.74. The number of unbranched alkanes of at least 4 members (excludes halogenated alkanes) is 5. The van der Waals surface area contributed by atoms with E-state index in [1.165, 1.54) is 101 Å². The first-order valence-corrected chi connectivity index (χ1v) is 18.8. The lowest BCUT2D eigenvalue weighted by molar-refractivity contribution is 0.497. The van der Waals surface area contributed by atoms with Crippen LogP contribution in [0.4, 0.5) is 0 Å². The first kappa shape index (κ1) is 34.0. The Morgan fingerprint density at radius 1 is 0.255 bits per heavy atom. The van der Waals surface area contributed by atoms with Gasteiger partial charge < -0.3 is 0 Å². The van der Waals surface area contributed by atoms with E-state index >= 15 is 0 Å². The van der Waals surface area contributed by atoms with Crippen molar-refractivity contribution in [1.82, 2.24) is 0 Å². The van der Waals surface area contributed by atoms with Crippen molar-refractivity contribution in [2.24, 2.45) is 0 Å². The minimum Gasteiger partial charge on any atom is -0.0622 e. The summed E-state index contributed by atoms with van der Waals surface area (Å²) in [6, 6.07) is 71.4. The molecule has 0 aliphatic heterocycles. The van der Waals surface area contributed by atoms with Crippen molar-refractivity contribution in [3.05, 3.63) is 216 Å². The van der Waals surface area contributed by atoms with Gasteiger partial charge in [-0.15, -0.1) is 0 Å². The summed E-state index contributed by atoms with van der Waals surface area (Å²) in [4.78, 5) is 0. The minimum atomic E-state index is -0.285. The van der Waals surface area contributed by atoms with E-state index < -0.39 is 0 Å². The Balaban J connectivity index is 1.21. The van der Waals surface area contributed by atoms with Crippen molar-refractivity contribution in [3.63, 3.8) is 0 Å². The Hall–Kier alpha value is -5.46. The highest BCUT2D eigenvalue weighted by Gasteiger charge is 2.36. The predicted molar refractivity (Wildman–Crippen MR) is 218 cm³/mol. The highest BCUT2D eigenvalue weighted by Crippen LogP contribution is 2.45. The van der Waals surface area contributed by atoms with Crippen LogP contribution in [0.3, 0.4) is 0 Å². The Morgan fingerprint density at radius 3 is 0.922 bits per heavy atom. The van der Waals surface area contributed by atoms with Crippen LogP contribution in [0.15, 0.2) is 194 Å². The fraction of sp³-hybridized carbons (Fsp3) is 0.176. The number of benzene rings is 7. The van der Waals surface area contributed by atoms with Crippen molar-refractivity contribution in [2.75, 3.05) is 0 Å². The minimum absolute atomic E-state index is 0.285. The molecule has 0 fully saturated rings. The van der Waals surface area contributed by atoms with Gasteiger partial charge in [-0.1, -0.05) is 226 Å². The van der Waals surface area contributed by atoms with Gasteiger partial charge in [0.05, 0.1) is 0 Å². The molecule has 252 valence electrons. The number of hydrogen-bond acceptors (Lipinski definition) is 0. The molecule has 0 atom stereocenters. The lowest BCUT2D eigenvalue weighted by Crippen LogP contribution is -2.29. The zero-order valence-corrected chi connectivity index (χ0v) is 29.6. The maximum absolute atomic E-state index is 2.39. The Kier molecular flexibility index (Phi) is 11.3. The molecule has 0 spiro atoms. The molecule has 0 heteroatoms. The quantitative estimate of drug-likeness (QED) is 0.0758. The first-order valence-electron chi connectivity index (χ1n) is 18.8. The van der Waals surface area contributed by atoms with E-state index in [1.54, 1.807) is 0 Å². The summed E-state index contributed by atoms with van der Waals surface area (Å²) < 4.78 is 0. The maximum atomic E-state index is 2.39. The van der Waals surface area contributed by atoms with Gasteiger partial charge in [-0.2, -0.15) is 0 Å². The lowest BCUT2D eigenvalue weighted by atomic mass is 9.66. The van der Waals surface area contributed by atoms with Crippen molar-refractivity contribution in [2.45, 2.75) is 56.8 Å². The largest absolute Gasteiger partial charge is 0.0622 e. The molecule has 7 aromatic carbocycles. The number of hydrogen-bond donors (Lipinski definition) is 0. The van der Waals surface area contributed by atoms with Crippen LogP contribution < -0.4 is 0 Å².